The first-order chi connectivity index (χ1) is 7.74. The standard InChI is InChI=1S/C10H15N3OS2/c11-10-13-7(6-16-10)4-9(14)12-5-8-2-1-3-15-8/h6,8H,1-5H2,(H2,11,13)(H,12,14). The predicted molar refractivity (Wildman–Crippen MR) is 68.7 cm³/mol. The highest BCUT2D eigenvalue weighted by Crippen LogP contribution is 2.25. The number of nitrogen functional groups attached to an aromatic ring is 1. The molecule has 3 N–H and O–H groups in total. The molecule has 1 saturated heterocycles. The van der Waals surface area contributed by atoms with E-state index in [0.29, 0.717) is 16.8 Å². The fourth-order valence-electron chi connectivity index (χ4n) is 1.66. The fourth-order valence-corrected chi connectivity index (χ4v) is 3.43. The summed E-state index contributed by atoms with van der Waals surface area (Å²) in [5.74, 6) is 1.26. The first-order valence-electron chi connectivity index (χ1n) is 5.32. The third-order valence-electron chi connectivity index (χ3n) is 2.46. The van der Waals surface area contributed by atoms with Crippen molar-refractivity contribution in [1.82, 2.24) is 10.3 Å². The van der Waals surface area contributed by atoms with Crippen LogP contribution in [-0.2, 0) is 11.2 Å². The van der Waals surface area contributed by atoms with Crippen LogP contribution in [0.3, 0.4) is 0 Å². The molecule has 88 valence electrons. The molecule has 0 aliphatic carbocycles. The van der Waals surface area contributed by atoms with E-state index >= 15 is 0 Å². The number of thiazole rings is 1. The zero-order valence-corrected chi connectivity index (χ0v) is 10.6. The molecular formula is C10H15N3OS2. The van der Waals surface area contributed by atoms with Crippen molar-refractivity contribution in [2.24, 2.45) is 0 Å². The first-order valence-corrected chi connectivity index (χ1v) is 7.25. The van der Waals surface area contributed by atoms with Gasteiger partial charge in [0.1, 0.15) is 0 Å². The third-order valence-corrected chi connectivity index (χ3v) is 4.58. The van der Waals surface area contributed by atoms with Gasteiger partial charge < -0.3 is 11.1 Å². The molecule has 1 amide bonds. The normalized spacial score (nSPS) is 19.9. The SMILES string of the molecule is Nc1nc(CC(=O)NCC2CCCS2)cs1. The van der Waals surface area contributed by atoms with E-state index in [1.165, 1.54) is 29.9 Å². The quantitative estimate of drug-likeness (QED) is 0.852. The molecule has 0 spiro atoms. The Hall–Kier alpha value is -0.750. The lowest BCUT2D eigenvalue weighted by molar-refractivity contribution is -0.120. The van der Waals surface area contributed by atoms with Crippen LogP contribution in [0.1, 0.15) is 18.5 Å². The van der Waals surface area contributed by atoms with Crippen molar-refractivity contribution in [3.8, 4) is 0 Å². The molecule has 0 bridgehead atoms. The van der Waals surface area contributed by atoms with E-state index in [1.807, 2.05) is 17.1 Å². The Morgan fingerprint density at radius 3 is 3.19 bits per heavy atom. The molecule has 1 atom stereocenters. The van der Waals surface area contributed by atoms with Crippen LogP contribution in [0.4, 0.5) is 5.13 Å². The Labute approximate surface area is 103 Å². The maximum atomic E-state index is 11.6. The highest BCUT2D eigenvalue weighted by Gasteiger charge is 2.16. The number of rotatable bonds is 4. The Balaban J connectivity index is 1.71. The lowest BCUT2D eigenvalue weighted by Gasteiger charge is -2.09. The summed E-state index contributed by atoms with van der Waals surface area (Å²) in [5.41, 5.74) is 6.26. The van der Waals surface area contributed by atoms with Gasteiger partial charge in [-0.3, -0.25) is 4.79 Å². The second-order valence-electron chi connectivity index (χ2n) is 3.79. The van der Waals surface area contributed by atoms with Crippen molar-refractivity contribution in [2.75, 3.05) is 18.0 Å². The maximum Gasteiger partial charge on any atom is 0.226 e. The molecule has 2 heterocycles. The van der Waals surface area contributed by atoms with E-state index in [0.717, 1.165) is 12.2 Å². The van der Waals surface area contributed by atoms with Gasteiger partial charge in [-0.25, -0.2) is 4.98 Å². The molecule has 1 aromatic heterocycles. The van der Waals surface area contributed by atoms with E-state index in [9.17, 15) is 4.79 Å². The van der Waals surface area contributed by atoms with Gasteiger partial charge in [0, 0.05) is 17.2 Å². The number of anilines is 1. The van der Waals surface area contributed by atoms with Crippen LogP contribution < -0.4 is 11.1 Å². The summed E-state index contributed by atoms with van der Waals surface area (Å²) in [6.07, 6.45) is 2.83. The number of carbonyl (C=O) groups is 1. The van der Waals surface area contributed by atoms with Crippen molar-refractivity contribution in [3.63, 3.8) is 0 Å². The molecule has 4 nitrogen and oxygen atoms in total. The number of aromatic nitrogens is 1. The van der Waals surface area contributed by atoms with Crippen molar-refractivity contribution in [2.45, 2.75) is 24.5 Å². The van der Waals surface area contributed by atoms with E-state index in [-0.39, 0.29) is 5.91 Å². The highest BCUT2D eigenvalue weighted by atomic mass is 32.2. The number of hydrogen-bond donors (Lipinski definition) is 2. The minimum atomic E-state index is 0.0396. The lowest BCUT2D eigenvalue weighted by atomic mass is 10.2. The molecule has 0 aromatic carbocycles. The average molecular weight is 257 g/mol. The first kappa shape index (κ1) is 11.7. The summed E-state index contributed by atoms with van der Waals surface area (Å²) in [7, 11) is 0. The Bertz CT molecular complexity index is 361. The van der Waals surface area contributed by atoms with Crippen LogP contribution in [0.15, 0.2) is 5.38 Å². The number of carbonyl (C=O) groups excluding carboxylic acids is 1. The minimum Gasteiger partial charge on any atom is -0.375 e. The number of nitrogens with zero attached hydrogens (tertiary/aromatic N) is 1. The van der Waals surface area contributed by atoms with Gasteiger partial charge in [-0.1, -0.05) is 0 Å². The van der Waals surface area contributed by atoms with Crippen LogP contribution in [0.2, 0.25) is 0 Å². The van der Waals surface area contributed by atoms with Gasteiger partial charge in [0.15, 0.2) is 5.13 Å². The highest BCUT2D eigenvalue weighted by molar-refractivity contribution is 8.00. The number of hydrogen-bond acceptors (Lipinski definition) is 5. The van der Waals surface area contributed by atoms with E-state index < -0.39 is 0 Å². The maximum absolute atomic E-state index is 11.6. The van der Waals surface area contributed by atoms with Crippen LogP contribution in [0.25, 0.3) is 0 Å². The molecule has 1 aromatic rings. The summed E-state index contributed by atoms with van der Waals surface area (Å²) in [6.45, 7) is 0.781. The molecule has 1 aliphatic rings. The molecule has 0 saturated carbocycles. The number of amides is 1. The van der Waals surface area contributed by atoms with Gasteiger partial charge in [0.2, 0.25) is 5.91 Å². The second-order valence-corrected chi connectivity index (χ2v) is 6.09. The van der Waals surface area contributed by atoms with Crippen molar-refractivity contribution in [1.29, 1.82) is 0 Å². The van der Waals surface area contributed by atoms with Crippen molar-refractivity contribution in [3.05, 3.63) is 11.1 Å². The molecule has 1 fully saturated rings. The fraction of sp³-hybridized carbons (Fsp3) is 0.600. The van der Waals surface area contributed by atoms with Crippen molar-refractivity contribution >= 4 is 34.1 Å². The Kier molecular flexibility index (Phi) is 4.06. The van der Waals surface area contributed by atoms with Gasteiger partial charge >= 0.3 is 0 Å². The molecule has 2 rings (SSSR count). The van der Waals surface area contributed by atoms with Gasteiger partial charge in [0.25, 0.3) is 0 Å². The van der Waals surface area contributed by atoms with Crippen LogP contribution in [0.5, 0.6) is 0 Å². The van der Waals surface area contributed by atoms with Crippen LogP contribution in [0, 0.1) is 0 Å². The largest absolute Gasteiger partial charge is 0.375 e. The van der Waals surface area contributed by atoms with Gasteiger partial charge in [-0.15, -0.1) is 11.3 Å². The molecule has 0 radical (unpaired) electrons. The zero-order valence-electron chi connectivity index (χ0n) is 8.94. The van der Waals surface area contributed by atoms with E-state index in [4.69, 9.17) is 5.73 Å². The van der Waals surface area contributed by atoms with Crippen LogP contribution in [-0.4, -0.2) is 28.4 Å². The van der Waals surface area contributed by atoms with Crippen LogP contribution >= 0.6 is 23.1 Å². The molecule has 6 heteroatoms. The molecule has 1 aliphatic heterocycles. The number of thioether (sulfide) groups is 1. The number of nitrogens with two attached hydrogens (primary N) is 1. The summed E-state index contributed by atoms with van der Waals surface area (Å²) < 4.78 is 0. The smallest absolute Gasteiger partial charge is 0.226 e. The van der Waals surface area contributed by atoms with Gasteiger partial charge in [0.05, 0.1) is 12.1 Å². The molecule has 16 heavy (non-hydrogen) atoms. The molecule has 1 unspecified atom stereocenters. The summed E-state index contributed by atoms with van der Waals surface area (Å²) in [6, 6.07) is 0. The average Bonchev–Trinajstić information content (AvgIpc) is 2.87. The van der Waals surface area contributed by atoms with Gasteiger partial charge in [-0.2, -0.15) is 11.8 Å². The Morgan fingerprint density at radius 1 is 1.69 bits per heavy atom. The van der Waals surface area contributed by atoms with Crippen molar-refractivity contribution < 1.29 is 4.79 Å². The number of nitrogens with one attached hydrogen (secondary N) is 1. The minimum absolute atomic E-state index is 0.0396. The monoisotopic (exact) mass is 257 g/mol. The topological polar surface area (TPSA) is 68.0 Å². The summed E-state index contributed by atoms with van der Waals surface area (Å²) in [5, 5.41) is 5.90. The zero-order chi connectivity index (χ0) is 11.4. The predicted octanol–water partition coefficient (Wildman–Crippen LogP) is 1.28. The van der Waals surface area contributed by atoms with E-state index in [2.05, 4.69) is 10.3 Å². The summed E-state index contributed by atoms with van der Waals surface area (Å²) >= 11 is 3.32. The molecular weight excluding hydrogens is 242 g/mol. The lowest BCUT2D eigenvalue weighted by Crippen LogP contribution is -2.30. The van der Waals surface area contributed by atoms with E-state index in [1.54, 1.807) is 0 Å². The second kappa shape index (κ2) is 5.54. The summed E-state index contributed by atoms with van der Waals surface area (Å²) in [4.78, 5) is 15.6. The van der Waals surface area contributed by atoms with Gasteiger partial charge in [-0.05, 0) is 18.6 Å². The Morgan fingerprint density at radius 2 is 2.56 bits per heavy atom. The third kappa shape index (κ3) is 3.38.